The average Bonchev–Trinajstić information content (AvgIpc) is 2.89. The molecule has 5 heteroatoms. The topological polar surface area (TPSA) is 66.8 Å². The van der Waals surface area contributed by atoms with E-state index in [1.165, 1.54) is 0 Å². The summed E-state index contributed by atoms with van der Waals surface area (Å²) in [5.74, 6) is -0.735. The molecule has 2 heterocycles. The van der Waals surface area contributed by atoms with Gasteiger partial charge in [0.25, 0.3) is 0 Å². The Kier molecular flexibility index (Phi) is 3.68. The first-order valence-electron chi connectivity index (χ1n) is 7.30. The Morgan fingerprint density at radius 1 is 1.29 bits per heavy atom. The third kappa shape index (κ3) is 2.78. The largest absolute Gasteiger partial charge is 0.478 e. The summed E-state index contributed by atoms with van der Waals surface area (Å²) in [6.45, 7) is 3.74. The monoisotopic (exact) mass is 289 g/mol. The number of amides is 1. The van der Waals surface area contributed by atoms with E-state index in [0.29, 0.717) is 19.7 Å². The van der Waals surface area contributed by atoms with Crippen molar-refractivity contribution in [2.45, 2.75) is 39.0 Å². The van der Waals surface area contributed by atoms with Gasteiger partial charge in [-0.2, -0.15) is 0 Å². The molecule has 0 bridgehead atoms. The molecule has 1 aromatic rings. The standard InChI is InChI=1S/C16H19NO4/c1-10-6-11(4-5-21-10)15(18)17-8-13-3-2-12(16(19)20)7-14(13)9-17/h2-3,7,10-11H,4-6,8-9H2,1H3,(H,19,20). The van der Waals surface area contributed by atoms with Gasteiger partial charge in [-0.3, -0.25) is 4.79 Å². The molecule has 5 nitrogen and oxygen atoms in total. The van der Waals surface area contributed by atoms with Crippen LogP contribution in [0.5, 0.6) is 0 Å². The van der Waals surface area contributed by atoms with Gasteiger partial charge in [0.2, 0.25) is 5.91 Å². The maximum atomic E-state index is 12.6. The highest BCUT2D eigenvalue weighted by molar-refractivity contribution is 5.88. The molecular formula is C16H19NO4. The fourth-order valence-corrected chi connectivity index (χ4v) is 3.16. The molecule has 1 aromatic carbocycles. The Hall–Kier alpha value is -1.88. The maximum absolute atomic E-state index is 12.6. The van der Waals surface area contributed by atoms with E-state index in [1.807, 2.05) is 17.9 Å². The van der Waals surface area contributed by atoms with Crippen LogP contribution in [0.25, 0.3) is 0 Å². The van der Waals surface area contributed by atoms with Crippen LogP contribution in [0.2, 0.25) is 0 Å². The van der Waals surface area contributed by atoms with E-state index in [-0.39, 0.29) is 23.5 Å². The molecule has 1 N–H and O–H groups in total. The summed E-state index contributed by atoms with van der Waals surface area (Å²) in [4.78, 5) is 25.4. The van der Waals surface area contributed by atoms with Crippen LogP contribution in [0.15, 0.2) is 18.2 Å². The van der Waals surface area contributed by atoms with Crippen LogP contribution in [0.1, 0.15) is 41.3 Å². The normalized spacial score (nSPS) is 24.7. The second-order valence-electron chi connectivity index (χ2n) is 5.89. The van der Waals surface area contributed by atoms with Crippen molar-refractivity contribution >= 4 is 11.9 Å². The summed E-state index contributed by atoms with van der Waals surface area (Å²) in [6.07, 6.45) is 1.68. The predicted molar refractivity (Wildman–Crippen MR) is 75.8 cm³/mol. The number of rotatable bonds is 2. The van der Waals surface area contributed by atoms with E-state index in [0.717, 1.165) is 24.0 Å². The summed E-state index contributed by atoms with van der Waals surface area (Å²) < 4.78 is 5.49. The summed E-state index contributed by atoms with van der Waals surface area (Å²) in [6, 6.07) is 5.10. The molecule has 2 unspecified atom stereocenters. The average molecular weight is 289 g/mol. The minimum atomic E-state index is -0.930. The molecule has 1 saturated heterocycles. The molecule has 2 aliphatic heterocycles. The van der Waals surface area contributed by atoms with Crippen molar-refractivity contribution in [3.63, 3.8) is 0 Å². The minimum Gasteiger partial charge on any atom is -0.478 e. The number of hydrogen-bond acceptors (Lipinski definition) is 3. The predicted octanol–water partition coefficient (Wildman–Crippen LogP) is 2.04. The zero-order chi connectivity index (χ0) is 15.0. The van der Waals surface area contributed by atoms with Crippen molar-refractivity contribution in [3.8, 4) is 0 Å². The lowest BCUT2D eigenvalue weighted by Gasteiger charge is -2.29. The van der Waals surface area contributed by atoms with Crippen molar-refractivity contribution in [2.24, 2.45) is 5.92 Å². The number of carboxylic acids is 1. The maximum Gasteiger partial charge on any atom is 0.335 e. The van der Waals surface area contributed by atoms with E-state index in [9.17, 15) is 9.59 Å². The van der Waals surface area contributed by atoms with E-state index in [2.05, 4.69) is 0 Å². The van der Waals surface area contributed by atoms with Crippen LogP contribution in [0.3, 0.4) is 0 Å². The van der Waals surface area contributed by atoms with Crippen LogP contribution < -0.4 is 0 Å². The van der Waals surface area contributed by atoms with Gasteiger partial charge in [0.15, 0.2) is 0 Å². The number of carbonyl (C=O) groups is 2. The number of benzene rings is 1. The first-order chi connectivity index (χ1) is 10.0. The summed E-state index contributed by atoms with van der Waals surface area (Å²) in [5.41, 5.74) is 2.28. The minimum absolute atomic E-state index is 0.0296. The second-order valence-corrected chi connectivity index (χ2v) is 5.89. The van der Waals surface area contributed by atoms with Gasteiger partial charge < -0.3 is 14.7 Å². The van der Waals surface area contributed by atoms with Crippen LogP contribution >= 0.6 is 0 Å². The highest BCUT2D eigenvalue weighted by Crippen LogP contribution is 2.29. The zero-order valence-corrected chi connectivity index (χ0v) is 12.0. The molecule has 21 heavy (non-hydrogen) atoms. The van der Waals surface area contributed by atoms with Crippen LogP contribution in [-0.2, 0) is 22.6 Å². The number of aromatic carboxylic acids is 1. The molecular weight excluding hydrogens is 270 g/mol. The highest BCUT2D eigenvalue weighted by atomic mass is 16.5. The van der Waals surface area contributed by atoms with Gasteiger partial charge in [-0.1, -0.05) is 6.07 Å². The molecule has 2 atom stereocenters. The number of nitrogens with zero attached hydrogens (tertiary/aromatic N) is 1. The third-order valence-electron chi connectivity index (χ3n) is 4.32. The van der Waals surface area contributed by atoms with E-state index < -0.39 is 5.97 Å². The molecule has 0 saturated carbocycles. The zero-order valence-electron chi connectivity index (χ0n) is 12.0. The second kappa shape index (κ2) is 5.48. The Labute approximate surface area is 123 Å². The number of ether oxygens (including phenoxy) is 1. The van der Waals surface area contributed by atoms with Gasteiger partial charge in [-0.25, -0.2) is 4.79 Å². The van der Waals surface area contributed by atoms with Gasteiger partial charge in [0.1, 0.15) is 0 Å². The first-order valence-corrected chi connectivity index (χ1v) is 7.30. The molecule has 1 amide bonds. The lowest BCUT2D eigenvalue weighted by Crippen LogP contribution is -2.37. The molecule has 0 aliphatic carbocycles. The fourth-order valence-electron chi connectivity index (χ4n) is 3.16. The molecule has 2 aliphatic rings. The molecule has 0 aromatic heterocycles. The molecule has 1 fully saturated rings. The van der Waals surface area contributed by atoms with Gasteiger partial charge in [0, 0.05) is 25.6 Å². The third-order valence-corrected chi connectivity index (χ3v) is 4.32. The molecule has 3 rings (SSSR count). The SMILES string of the molecule is CC1CC(C(=O)N2Cc3ccc(C(=O)O)cc3C2)CCO1. The quantitative estimate of drug-likeness (QED) is 0.904. The number of carboxylic acid groups (broad SMARTS) is 1. The fraction of sp³-hybridized carbons (Fsp3) is 0.500. The van der Waals surface area contributed by atoms with Gasteiger partial charge >= 0.3 is 5.97 Å². The summed E-state index contributed by atoms with van der Waals surface area (Å²) in [5, 5.41) is 9.03. The van der Waals surface area contributed by atoms with Crippen molar-refractivity contribution in [1.29, 1.82) is 0 Å². The van der Waals surface area contributed by atoms with Gasteiger partial charge in [0.05, 0.1) is 11.7 Å². The first kappa shape index (κ1) is 14.1. The molecule has 0 radical (unpaired) electrons. The van der Waals surface area contributed by atoms with Crippen LogP contribution in [0, 0.1) is 5.92 Å². The van der Waals surface area contributed by atoms with E-state index >= 15 is 0 Å². The van der Waals surface area contributed by atoms with Crippen molar-refractivity contribution < 1.29 is 19.4 Å². The number of carbonyl (C=O) groups excluding carboxylic acids is 1. The lowest BCUT2D eigenvalue weighted by molar-refractivity contribution is -0.141. The Morgan fingerprint density at radius 3 is 2.76 bits per heavy atom. The Morgan fingerprint density at radius 2 is 2.05 bits per heavy atom. The lowest BCUT2D eigenvalue weighted by atomic mass is 9.95. The van der Waals surface area contributed by atoms with Crippen LogP contribution in [0.4, 0.5) is 0 Å². The van der Waals surface area contributed by atoms with Gasteiger partial charge in [-0.15, -0.1) is 0 Å². The number of fused-ring (bicyclic) bond motifs is 1. The smallest absolute Gasteiger partial charge is 0.335 e. The van der Waals surface area contributed by atoms with Crippen LogP contribution in [-0.4, -0.2) is 34.6 Å². The highest BCUT2D eigenvalue weighted by Gasteiger charge is 2.32. The van der Waals surface area contributed by atoms with Crippen molar-refractivity contribution in [2.75, 3.05) is 6.61 Å². The Balaban J connectivity index is 1.72. The van der Waals surface area contributed by atoms with E-state index in [4.69, 9.17) is 9.84 Å². The summed E-state index contributed by atoms with van der Waals surface area (Å²) >= 11 is 0. The van der Waals surface area contributed by atoms with Crippen molar-refractivity contribution in [3.05, 3.63) is 34.9 Å². The summed E-state index contributed by atoms with van der Waals surface area (Å²) in [7, 11) is 0. The van der Waals surface area contributed by atoms with Gasteiger partial charge in [-0.05, 0) is 43.0 Å². The van der Waals surface area contributed by atoms with E-state index in [1.54, 1.807) is 12.1 Å². The molecule has 112 valence electrons. The van der Waals surface area contributed by atoms with Crippen molar-refractivity contribution in [1.82, 2.24) is 4.90 Å². The Bertz CT molecular complexity index is 584. The molecule has 0 spiro atoms. The number of hydrogen-bond donors (Lipinski definition) is 1.